The van der Waals surface area contributed by atoms with Gasteiger partial charge in [-0.3, -0.25) is 4.79 Å². The third-order valence-corrected chi connectivity index (χ3v) is 4.82. The van der Waals surface area contributed by atoms with Gasteiger partial charge in [0.25, 0.3) is 5.91 Å². The van der Waals surface area contributed by atoms with Crippen LogP contribution in [0.25, 0.3) is 0 Å². The van der Waals surface area contributed by atoms with Crippen molar-refractivity contribution >= 4 is 24.0 Å². The number of hydrogen-bond acceptors (Lipinski definition) is 3. The lowest BCUT2D eigenvalue weighted by molar-refractivity contribution is -0.122. The number of carbonyl (C=O) groups excluding carboxylic acids is 1. The largest absolute Gasteiger partial charge is 0.309 e. The lowest BCUT2D eigenvalue weighted by Crippen LogP contribution is -2.46. The Morgan fingerprint density at radius 3 is 2.32 bits per heavy atom. The van der Waals surface area contributed by atoms with Gasteiger partial charge >= 0.3 is 0 Å². The maximum atomic E-state index is 13.4. The SMILES string of the molecule is CNN1C(=O)C(CCCN(C)C)(c2ccccc2)c2ccccc21.Cl. The summed E-state index contributed by atoms with van der Waals surface area (Å²) < 4.78 is 0. The lowest BCUT2D eigenvalue weighted by atomic mass is 9.72. The third-order valence-electron chi connectivity index (χ3n) is 4.82. The minimum atomic E-state index is -0.614. The molecule has 2 aromatic rings. The number of amides is 1. The van der Waals surface area contributed by atoms with Crippen LogP contribution in [0, 0.1) is 0 Å². The normalized spacial score (nSPS) is 19.0. The Balaban J connectivity index is 0.00000225. The first-order valence-electron chi connectivity index (χ1n) is 8.43. The molecular formula is C20H26ClN3O. The second-order valence-electron chi connectivity index (χ2n) is 6.56. The van der Waals surface area contributed by atoms with Gasteiger partial charge < -0.3 is 4.90 Å². The minimum Gasteiger partial charge on any atom is -0.309 e. The molecule has 4 nitrogen and oxygen atoms in total. The molecule has 1 N–H and O–H groups in total. The molecule has 0 saturated heterocycles. The van der Waals surface area contributed by atoms with Gasteiger partial charge in [-0.25, -0.2) is 10.4 Å². The van der Waals surface area contributed by atoms with E-state index in [4.69, 9.17) is 0 Å². The molecule has 25 heavy (non-hydrogen) atoms. The predicted octanol–water partition coefficient (Wildman–Crippen LogP) is 3.22. The Morgan fingerprint density at radius 2 is 1.68 bits per heavy atom. The number of para-hydroxylation sites is 1. The van der Waals surface area contributed by atoms with Crippen LogP contribution in [-0.4, -0.2) is 38.5 Å². The molecule has 2 aromatic carbocycles. The fourth-order valence-electron chi connectivity index (χ4n) is 3.72. The van der Waals surface area contributed by atoms with E-state index in [1.165, 1.54) is 0 Å². The molecule has 1 aliphatic rings. The summed E-state index contributed by atoms with van der Waals surface area (Å²) in [6.45, 7) is 0.962. The summed E-state index contributed by atoms with van der Waals surface area (Å²) in [4.78, 5) is 15.6. The number of nitrogens with one attached hydrogen (secondary N) is 1. The quantitative estimate of drug-likeness (QED) is 0.860. The Labute approximate surface area is 156 Å². The van der Waals surface area contributed by atoms with Gasteiger partial charge in [-0.2, -0.15) is 0 Å². The second kappa shape index (κ2) is 8.00. The van der Waals surface area contributed by atoms with Gasteiger partial charge in [-0.05, 0) is 50.7 Å². The average Bonchev–Trinajstić information content (AvgIpc) is 2.84. The predicted molar refractivity (Wildman–Crippen MR) is 105 cm³/mol. The standard InChI is InChI=1S/C20H25N3O.ClH/c1-21-23-18-13-8-7-12-17(18)20(19(23)24,14-9-15-22(2)3)16-10-5-4-6-11-16;/h4-8,10-13,21H,9,14-15H2,1-3H3;1H. The number of fused-ring (bicyclic) bond motifs is 1. The molecule has 5 heteroatoms. The van der Waals surface area contributed by atoms with Crippen LogP contribution < -0.4 is 10.4 Å². The molecule has 1 atom stereocenters. The van der Waals surface area contributed by atoms with Crippen molar-refractivity contribution in [3.63, 3.8) is 0 Å². The van der Waals surface area contributed by atoms with Crippen molar-refractivity contribution in [1.82, 2.24) is 10.3 Å². The second-order valence-corrected chi connectivity index (χ2v) is 6.56. The highest BCUT2D eigenvalue weighted by Gasteiger charge is 2.51. The summed E-state index contributed by atoms with van der Waals surface area (Å²) in [6, 6.07) is 18.3. The molecule has 1 aliphatic heterocycles. The van der Waals surface area contributed by atoms with Crippen LogP contribution in [0.3, 0.4) is 0 Å². The fraction of sp³-hybridized carbons (Fsp3) is 0.350. The highest BCUT2D eigenvalue weighted by atomic mass is 35.5. The topological polar surface area (TPSA) is 35.6 Å². The molecule has 0 bridgehead atoms. The van der Waals surface area contributed by atoms with Crippen LogP contribution in [-0.2, 0) is 10.2 Å². The molecule has 134 valence electrons. The first kappa shape index (κ1) is 19.4. The maximum absolute atomic E-state index is 13.4. The van der Waals surface area contributed by atoms with Gasteiger partial charge in [0, 0.05) is 7.05 Å². The molecule has 0 aromatic heterocycles. The number of nitrogens with zero attached hydrogens (tertiary/aromatic N) is 2. The number of hydrazine groups is 1. The monoisotopic (exact) mass is 359 g/mol. The van der Waals surface area contributed by atoms with Crippen LogP contribution in [0.5, 0.6) is 0 Å². The maximum Gasteiger partial charge on any atom is 0.256 e. The first-order valence-corrected chi connectivity index (χ1v) is 8.43. The van der Waals surface area contributed by atoms with E-state index in [0.29, 0.717) is 0 Å². The molecular weight excluding hydrogens is 334 g/mol. The zero-order chi connectivity index (χ0) is 17.2. The van der Waals surface area contributed by atoms with Crippen molar-refractivity contribution in [2.45, 2.75) is 18.3 Å². The summed E-state index contributed by atoms with van der Waals surface area (Å²) in [5.74, 6) is 0.108. The number of halogens is 1. The molecule has 0 radical (unpaired) electrons. The highest BCUT2D eigenvalue weighted by Crippen LogP contribution is 2.48. The molecule has 0 aliphatic carbocycles. The van der Waals surface area contributed by atoms with Crippen molar-refractivity contribution in [1.29, 1.82) is 0 Å². The first-order chi connectivity index (χ1) is 11.6. The van der Waals surface area contributed by atoms with Crippen LogP contribution in [0.2, 0.25) is 0 Å². The Morgan fingerprint density at radius 1 is 1.04 bits per heavy atom. The number of anilines is 1. The van der Waals surface area contributed by atoms with Gasteiger partial charge in [0.2, 0.25) is 0 Å². The van der Waals surface area contributed by atoms with E-state index in [9.17, 15) is 4.79 Å². The molecule has 1 amide bonds. The Hall–Kier alpha value is -1.88. The number of benzene rings is 2. The number of hydrogen-bond donors (Lipinski definition) is 1. The summed E-state index contributed by atoms with van der Waals surface area (Å²) in [6.07, 6.45) is 1.75. The van der Waals surface area contributed by atoms with E-state index in [0.717, 1.165) is 36.2 Å². The smallest absolute Gasteiger partial charge is 0.256 e. The van der Waals surface area contributed by atoms with E-state index in [1.807, 2.05) is 36.4 Å². The zero-order valence-electron chi connectivity index (χ0n) is 15.0. The zero-order valence-corrected chi connectivity index (χ0v) is 15.8. The van der Waals surface area contributed by atoms with Crippen LogP contribution >= 0.6 is 12.4 Å². The summed E-state index contributed by atoms with van der Waals surface area (Å²) in [7, 11) is 5.94. The van der Waals surface area contributed by atoms with E-state index < -0.39 is 5.41 Å². The van der Waals surface area contributed by atoms with Gasteiger partial charge in [0.05, 0.1) is 5.69 Å². The van der Waals surface area contributed by atoms with Gasteiger partial charge in [0.15, 0.2) is 0 Å². The van der Waals surface area contributed by atoms with Crippen molar-refractivity contribution < 1.29 is 4.79 Å². The highest BCUT2D eigenvalue weighted by molar-refractivity contribution is 6.09. The summed E-state index contributed by atoms with van der Waals surface area (Å²) in [5.41, 5.74) is 5.57. The number of carbonyl (C=O) groups is 1. The summed E-state index contributed by atoms with van der Waals surface area (Å²) in [5, 5.41) is 1.69. The van der Waals surface area contributed by atoms with E-state index >= 15 is 0 Å². The average molecular weight is 360 g/mol. The van der Waals surface area contributed by atoms with Crippen molar-refractivity contribution in [3.8, 4) is 0 Å². The molecule has 0 saturated carbocycles. The van der Waals surface area contributed by atoms with E-state index in [2.05, 4.69) is 42.6 Å². The lowest BCUT2D eigenvalue weighted by Gasteiger charge is -2.30. The van der Waals surface area contributed by atoms with E-state index in [-0.39, 0.29) is 18.3 Å². The van der Waals surface area contributed by atoms with Crippen molar-refractivity contribution in [2.24, 2.45) is 0 Å². The van der Waals surface area contributed by atoms with Crippen LogP contribution in [0.15, 0.2) is 54.6 Å². The van der Waals surface area contributed by atoms with Crippen LogP contribution in [0.4, 0.5) is 5.69 Å². The van der Waals surface area contributed by atoms with Gasteiger partial charge in [0.1, 0.15) is 5.41 Å². The molecule has 1 unspecified atom stereocenters. The Bertz CT molecular complexity index is 720. The van der Waals surface area contributed by atoms with Crippen LogP contribution in [0.1, 0.15) is 24.0 Å². The number of rotatable bonds is 6. The van der Waals surface area contributed by atoms with Crippen molar-refractivity contribution in [2.75, 3.05) is 32.7 Å². The fourth-order valence-corrected chi connectivity index (χ4v) is 3.72. The summed E-state index contributed by atoms with van der Waals surface area (Å²) >= 11 is 0. The third kappa shape index (κ3) is 3.30. The Kier molecular flexibility index (Phi) is 6.22. The molecule has 3 rings (SSSR count). The van der Waals surface area contributed by atoms with Gasteiger partial charge in [-0.15, -0.1) is 12.4 Å². The minimum absolute atomic E-state index is 0. The molecule has 0 fully saturated rings. The van der Waals surface area contributed by atoms with Crippen molar-refractivity contribution in [3.05, 3.63) is 65.7 Å². The van der Waals surface area contributed by atoms with Gasteiger partial charge in [-0.1, -0.05) is 48.5 Å². The molecule has 1 heterocycles. The molecule has 0 spiro atoms. The van der Waals surface area contributed by atoms with E-state index in [1.54, 1.807) is 12.1 Å².